The van der Waals surface area contributed by atoms with Gasteiger partial charge in [-0.25, -0.2) is 0 Å². The Hall–Kier alpha value is -1.40. The molecule has 1 aromatic carbocycles. The number of ether oxygens (including phenoxy) is 1. The fraction of sp³-hybridized carbons (Fsp3) is 0.462. The average molecular weight is 309 g/mol. The van der Waals surface area contributed by atoms with Crippen molar-refractivity contribution in [3.8, 4) is 5.75 Å². The van der Waals surface area contributed by atoms with Gasteiger partial charge in [0.25, 0.3) is 0 Å². The van der Waals surface area contributed by atoms with Crippen LogP contribution in [0.1, 0.15) is 25.5 Å². The molecule has 1 aromatic rings. The molecule has 0 spiro atoms. The molecule has 0 aliphatic heterocycles. The molecule has 0 heterocycles. The van der Waals surface area contributed by atoms with Crippen molar-refractivity contribution in [2.24, 2.45) is 11.7 Å². The topological polar surface area (TPSA) is 64.4 Å². The van der Waals surface area contributed by atoms with Gasteiger partial charge in [-0.15, -0.1) is 12.4 Å². The first kappa shape index (κ1) is 18.6. The van der Waals surface area contributed by atoms with Crippen molar-refractivity contribution in [2.75, 3.05) is 6.54 Å². The summed E-state index contributed by atoms with van der Waals surface area (Å²) in [5.41, 5.74) is 6.21. The van der Waals surface area contributed by atoms with E-state index in [1.165, 1.54) is 12.1 Å². The van der Waals surface area contributed by atoms with Gasteiger partial charge in [0.1, 0.15) is 5.75 Å². The molecule has 1 amide bonds. The van der Waals surface area contributed by atoms with E-state index in [0.29, 0.717) is 0 Å². The SMILES string of the molecule is CC(CN)C(=O)NC(C)c1ccc(OC(F)F)cc1.Cl. The summed E-state index contributed by atoms with van der Waals surface area (Å²) in [6.45, 7) is 0.985. The van der Waals surface area contributed by atoms with Crippen LogP contribution in [0.5, 0.6) is 5.75 Å². The Morgan fingerprint density at radius 2 is 1.85 bits per heavy atom. The number of halogens is 3. The van der Waals surface area contributed by atoms with Crippen LogP contribution in [-0.2, 0) is 4.79 Å². The second kappa shape index (κ2) is 8.71. The molecule has 0 radical (unpaired) electrons. The molecule has 4 nitrogen and oxygen atoms in total. The van der Waals surface area contributed by atoms with Gasteiger partial charge in [-0.05, 0) is 24.6 Å². The van der Waals surface area contributed by atoms with Crippen molar-refractivity contribution in [1.29, 1.82) is 0 Å². The van der Waals surface area contributed by atoms with Crippen molar-refractivity contribution in [1.82, 2.24) is 5.32 Å². The van der Waals surface area contributed by atoms with Crippen LogP contribution < -0.4 is 15.8 Å². The monoisotopic (exact) mass is 308 g/mol. The Kier molecular flexibility index (Phi) is 8.10. The summed E-state index contributed by atoms with van der Waals surface area (Å²) in [6, 6.07) is 5.93. The smallest absolute Gasteiger partial charge is 0.387 e. The Labute approximate surface area is 123 Å². The number of carbonyl (C=O) groups excluding carboxylic acids is 1. The molecule has 0 aromatic heterocycles. The summed E-state index contributed by atoms with van der Waals surface area (Å²) in [5, 5.41) is 2.80. The molecular formula is C13H19ClF2N2O2. The Morgan fingerprint density at radius 1 is 1.30 bits per heavy atom. The molecule has 114 valence electrons. The molecule has 20 heavy (non-hydrogen) atoms. The average Bonchev–Trinajstić information content (AvgIpc) is 2.37. The van der Waals surface area contributed by atoms with Crippen LogP contribution in [0.15, 0.2) is 24.3 Å². The van der Waals surface area contributed by atoms with Crippen molar-refractivity contribution in [3.63, 3.8) is 0 Å². The van der Waals surface area contributed by atoms with E-state index in [-0.39, 0.29) is 42.6 Å². The van der Waals surface area contributed by atoms with Crippen LogP contribution >= 0.6 is 12.4 Å². The van der Waals surface area contributed by atoms with Gasteiger partial charge >= 0.3 is 6.61 Å². The molecule has 1 rings (SSSR count). The summed E-state index contributed by atoms with van der Waals surface area (Å²) >= 11 is 0. The van der Waals surface area contributed by atoms with Gasteiger partial charge in [0.05, 0.1) is 6.04 Å². The minimum absolute atomic E-state index is 0. The second-order valence-electron chi connectivity index (χ2n) is 4.31. The zero-order chi connectivity index (χ0) is 14.4. The highest BCUT2D eigenvalue weighted by molar-refractivity contribution is 5.85. The lowest BCUT2D eigenvalue weighted by atomic mass is 10.1. The highest BCUT2D eigenvalue weighted by Gasteiger charge is 2.14. The minimum Gasteiger partial charge on any atom is -0.435 e. The van der Waals surface area contributed by atoms with Gasteiger partial charge < -0.3 is 15.8 Å². The molecular weight excluding hydrogens is 290 g/mol. The first-order valence-corrected chi connectivity index (χ1v) is 5.99. The van der Waals surface area contributed by atoms with Crippen molar-refractivity contribution in [2.45, 2.75) is 26.5 Å². The fourth-order valence-electron chi connectivity index (χ4n) is 1.48. The second-order valence-corrected chi connectivity index (χ2v) is 4.31. The Morgan fingerprint density at radius 3 is 2.30 bits per heavy atom. The lowest BCUT2D eigenvalue weighted by molar-refractivity contribution is -0.124. The predicted molar refractivity (Wildman–Crippen MR) is 75.1 cm³/mol. The number of alkyl halides is 2. The molecule has 0 bridgehead atoms. The Balaban J connectivity index is 0.00000361. The van der Waals surface area contributed by atoms with Crippen molar-refractivity contribution in [3.05, 3.63) is 29.8 Å². The summed E-state index contributed by atoms with van der Waals surface area (Å²) < 4.78 is 28.2. The number of benzene rings is 1. The first-order chi connectivity index (χ1) is 8.93. The van der Waals surface area contributed by atoms with E-state index < -0.39 is 6.61 Å². The van der Waals surface area contributed by atoms with Gasteiger partial charge in [-0.1, -0.05) is 19.1 Å². The third kappa shape index (κ3) is 5.71. The summed E-state index contributed by atoms with van der Waals surface area (Å²) in [4.78, 5) is 11.7. The molecule has 3 N–H and O–H groups in total. The lowest BCUT2D eigenvalue weighted by Gasteiger charge is -2.17. The first-order valence-electron chi connectivity index (χ1n) is 5.99. The minimum atomic E-state index is -2.84. The van der Waals surface area contributed by atoms with Gasteiger partial charge in [0, 0.05) is 12.5 Å². The number of rotatable bonds is 6. The number of nitrogens with two attached hydrogens (primary N) is 1. The number of carbonyl (C=O) groups is 1. The molecule has 0 aliphatic carbocycles. The maximum absolute atomic E-state index is 12.0. The lowest BCUT2D eigenvalue weighted by Crippen LogP contribution is -2.34. The van der Waals surface area contributed by atoms with E-state index in [4.69, 9.17) is 5.73 Å². The highest BCUT2D eigenvalue weighted by atomic mass is 35.5. The van der Waals surface area contributed by atoms with Crippen LogP contribution in [0, 0.1) is 5.92 Å². The number of amides is 1. The summed E-state index contributed by atoms with van der Waals surface area (Å²) in [7, 11) is 0. The normalized spacial score (nSPS) is 13.3. The summed E-state index contributed by atoms with van der Waals surface area (Å²) in [5.74, 6) is -0.306. The number of hydrogen-bond donors (Lipinski definition) is 2. The van der Waals surface area contributed by atoms with Crippen LogP contribution in [0.4, 0.5) is 8.78 Å². The fourth-order valence-corrected chi connectivity index (χ4v) is 1.48. The molecule has 2 unspecified atom stereocenters. The standard InChI is InChI=1S/C13H18F2N2O2.ClH/c1-8(7-16)12(18)17-9(2)10-3-5-11(6-4-10)19-13(14)15;/h3-6,8-9,13H,7,16H2,1-2H3,(H,17,18);1H. The van der Waals surface area contributed by atoms with E-state index >= 15 is 0 Å². The number of hydrogen-bond acceptors (Lipinski definition) is 3. The predicted octanol–water partition coefficient (Wildman–Crippen LogP) is 2.48. The largest absolute Gasteiger partial charge is 0.435 e. The van der Waals surface area contributed by atoms with E-state index in [9.17, 15) is 13.6 Å². The van der Waals surface area contributed by atoms with Gasteiger partial charge in [0.15, 0.2) is 0 Å². The van der Waals surface area contributed by atoms with Crippen LogP contribution in [0.3, 0.4) is 0 Å². The van der Waals surface area contributed by atoms with Crippen LogP contribution in [0.25, 0.3) is 0 Å². The quantitative estimate of drug-likeness (QED) is 0.848. The van der Waals surface area contributed by atoms with Crippen LogP contribution in [-0.4, -0.2) is 19.1 Å². The van der Waals surface area contributed by atoms with Gasteiger partial charge in [-0.2, -0.15) is 8.78 Å². The summed E-state index contributed by atoms with van der Waals surface area (Å²) in [6.07, 6.45) is 0. The van der Waals surface area contributed by atoms with Crippen molar-refractivity contribution >= 4 is 18.3 Å². The van der Waals surface area contributed by atoms with E-state index in [1.807, 2.05) is 6.92 Å². The van der Waals surface area contributed by atoms with E-state index in [1.54, 1.807) is 19.1 Å². The molecule has 7 heteroatoms. The van der Waals surface area contributed by atoms with Crippen molar-refractivity contribution < 1.29 is 18.3 Å². The molecule has 0 fully saturated rings. The third-order valence-corrected chi connectivity index (χ3v) is 2.77. The molecule has 2 atom stereocenters. The Bertz CT molecular complexity index is 415. The molecule has 0 saturated carbocycles. The number of nitrogens with one attached hydrogen (secondary N) is 1. The maximum atomic E-state index is 12.0. The zero-order valence-electron chi connectivity index (χ0n) is 11.3. The zero-order valence-corrected chi connectivity index (χ0v) is 12.1. The van der Waals surface area contributed by atoms with Crippen LogP contribution in [0.2, 0.25) is 0 Å². The molecule has 0 saturated heterocycles. The van der Waals surface area contributed by atoms with Gasteiger partial charge in [-0.3, -0.25) is 4.79 Å². The van der Waals surface area contributed by atoms with E-state index in [2.05, 4.69) is 10.1 Å². The molecule has 0 aliphatic rings. The van der Waals surface area contributed by atoms with Gasteiger partial charge in [0.2, 0.25) is 5.91 Å². The van der Waals surface area contributed by atoms with E-state index in [0.717, 1.165) is 5.56 Å². The maximum Gasteiger partial charge on any atom is 0.387 e. The third-order valence-electron chi connectivity index (χ3n) is 2.77. The highest BCUT2D eigenvalue weighted by Crippen LogP contribution is 2.19.